The minimum atomic E-state index is -0.501. The van der Waals surface area contributed by atoms with Crippen LogP contribution in [0.5, 0.6) is 0 Å². The number of hydrogen-bond acceptors (Lipinski definition) is 2. The fourth-order valence-corrected chi connectivity index (χ4v) is 2.61. The third kappa shape index (κ3) is 4.76. The molecule has 0 bridgehead atoms. The normalized spacial score (nSPS) is 17.3. The van der Waals surface area contributed by atoms with E-state index in [4.69, 9.17) is 11.6 Å². The van der Waals surface area contributed by atoms with Crippen molar-refractivity contribution in [3.63, 3.8) is 0 Å². The van der Waals surface area contributed by atoms with Crippen LogP contribution in [0.3, 0.4) is 0 Å². The quantitative estimate of drug-likeness (QED) is 0.923. The summed E-state index contributed by atoms with van der Waals surface area (Å²) in [4.78, 5) is 14.1. The summed E-state index contributed by atoms with van der Waals surface area (Å²) in [5.74, 6) is -0.676. The van der Waals surface area contributed by atoms with Crippen molar-refractivity contribution in [3.8, 4) is 0 Å². The first kappa shape index (κ1) is 15.3. The predicted molar refractivity (Wildman–Crippen MR) is 79.6 cm³/mol. The first-order chi connectivity index (χ1) is 9.65. The first-order valence-corrected chi connectivity index (χ1v) is 7.50. The fourth-order valence-electron chi connectivity index (χ4n) is 2.45. The van der Waals surface area contributed by atoms with Gasteiger partial charge in [0.1, 0.15) is 5.82 Å². The van der Waals surface area contributed by atoms with E-state index in [1.54, 1.807) is 6.07 Å². The lowest BCUT2D eigenvalue weighted by molar-refractivity contribution is -0.117. The maximum absolute atomic E-state index is 13.6. The summed E-state index contributed by atoms with van der Waals surface area (Å²) >= 11 is 5.68. The molecule has 0 spiro atoms. The van der Waals surface area contributed by atoms with Crippen molar-refractivity contribution in [1.29, 1.82) is 0 Å². The standard InChI is InChI=1S/C15H20ClFN2O/c16-12-6-7-14(13(17)10-12)18-15(20)11-19-8-4-2-1-3-5-9-19/h6-7,10H,1-5,8-9,11H2,(H,18,20). The zero-order valence-corrected chi connectivity index (χ0v) is 12.3. The molecule has 1 heterocycles. The lowest BCUT2D eigenvalue weighted by Gasteiger charge is -2.23. The Kier molecular flexibility index (Phi) is 5.80. The Balaban J connectivity index is 1.87. The van der Waals surface area contributed by atoms with Crippen molar-refractivity contribution in [3.05, 3.63) is 29.0 Å². The van der Waals surface area contributed by atoms with Crippen molar-refractivity contribution in [2.75, 3.05) is 25.0 Å². The Labute approximate surface area is 124 Å². The van der Waals surface area contributed by atoms with Crippen LogP contribution in [0, 0.1) is 5.82 Å². The second-order valence-corrected chi connectivity index (χ2v) is 5.65. The largest absolute Gasteiger partial charge is 0.322 e. The number of carbonyl (C=O) groups excluding carboxylic acids is 1. The van der Waals surface area contributed by atoms with Crippen LogP contribution >= 0.6 is 11.6 Å². The van der Waals surface area contributed by atoms with E-state index < -0.39 is 5.82 Å². The number of hydrogen-bond donors (Lipinski definition) is 1. The van der Waals surface area contributed by atoms with Gasteiger partial charge < -0.3 is 5.32 Å². The van der Waals surface area contributed by atoms with Crippen LogP contribution in [0.1, 0.15) is 32.1 Å². The molecular formula is C15H20ClFN2O. The predicted octanol–water partition coefficient (Wildman–Crippen LogP) is 3.68. The maximum atomic E-state index is 13.6. The number of amides is 1. The minimum absolute atomic E-state index is 0.174. The van der Waals surface area contributed by atoms with Gasteiger partial charge in [0.2, 0.25) is 5.91 Å². The van der Waals surface area contributed by atoms with Crippen LogP contribution < -0.4 is 5.32 Å². The molecule has 2 rings (SSSR count). The number of likely N-dealkylation sites (tertiary alicyclic amines) is 1. The number of rotatable bonds is 3. The molecule has 5 heteroatoms. The maximum Gasteiger partial charge on any atom is 0.238 e. The van der Waals surface area contributed by atoms with Crippen LogP contribution in [-0.4, -0.2) is 30.4 Å². The summed E-state index contributed by atoms with van der Waals surface area (Å²) in [6, 6.07) is 4.26. The number of halogens is 2. The van der Waals surface area contributed by atoms with Crippen LogP contribution in [0.4, 0.5) is 10.1 Å². The number of nitrogens with one attached hydrogen (secondary N) is 1. The second-order valence-electron chi connectivity index (χ2n) is 5.22. The average molecular weight is 299 g/mol. The van der Waals surface area contributed by atoms with Crippen LogP contribution in [0.2, 0.25) is 5.02 Å². The monoisotopic (exact) mass is 298 g/mol. The van der Waals surface area contributed by atoms with Gasteiger partial charge >= 0.3 is 0 Å². The van der Waals surface area contributed by atoms with Gasteiger partial charge in [0.25, 0.3) is 0 Å². The number of benzene rings is 1. The zero-order chi connectivity index (χ0) is 14.4. The van der Waals surface area contributed by atoms with Gasteiger partial charge in [-0.1, -0.05) is 30.9 Å². The third-order valence-corrected chi connectivity index (χ3v) is 3.76. The second kappa shape index (κ2) is 7.60. The molecule has 1 aromatic rings. The molecule has 0 radical (unpaired) electrons. The van der Waals surface area contributed by atoms with Gasteiger partial charge in [-0.05, 0) is 44.1 Å². The lowest BCUT2D eigenvalue weighted by atomic mass is 10.1. The first-order valence-electron chi connectivity index (χ1n) is 7.12. The van der Waals surface area contributed by atoms with E-state index in [1.165, 1.54) is 31.4 Å². The van der Waals surface area contributed by atoms with E-state index in [-0.39, 0.29) is 11.6 Å². The summed E-state index contributed by atoms with van der Waals surface area (Å²) in [5, 5.41) is 2.93. The molecule has 20 heavy (non-hydrogen) atoms. The van der Waals surface area contributed by atoms with Crippen molar-refractivity contribution < 1.29 is 9.18 Å². The van der Waals surface area contributed by atoms with Crippen molar-refractivity contribution in [1.82, 2.24) is 4.90 Å². The molecule has 1 aromatic carbocycles. The summed E-state index contributed by atoms with van der Waals surface area (Å²) in [7, 11) is 0. The van der Waals surface area contributed by atoms with Crippen molar-refractivity contribution >= 4 is 23.2 Å². The Morgan fingerprint density at radius 1 is 1.20 bits per heavy atom. The summed E-state index contributed by atoms with van der Waals surface area (Å²) in [6.07, 6.45) is 6.00. The van der Waals surface area contributed by atoms with Gasteiger partial charge in [-0.2, -0.15) is 0 Å². The Morgan fingerprint density at radius 3 is 2.50 bits per heavy atom. The summed E-state index contributed by atoms with van der Waals surface area (Å²) in [5.41, 5.74) is 0.187. The Hall–Kier alpha value is -1.13. The van der Waals surface area contributed by atoms with Gasteiger partial charge in [-0.15, -0.1) is 0 Å². The highest BCUT2D eigenvalue weighted by atomic mass is 35.5. The van der Waals surface area contributed by atoms with E-state index >= 15 is 0 Å². The molecule has 1 aliphatic rings. The van der Waals surface area contributed by atoms with Gasteiger partial charge in [0, 0.05) is 5.02 Å². The van der Waals surface area contributed by atoms with E-state index in [1.807, 2.05) is 0 Å². The van der Waals surface area contributed by atoms with Crippen molar-refractivity contribution in [2.24, 2.45) is 0 Å². The molecule has 0 atom stereocenters. The Bertz CT molecular complexity index is 459. The molecule has 0 aromatic heterocycles. The van der Waals surface area contributed by atoms with Crippen LogP contribution in [0.25, 0.3) is 0 Å². The van der Waals surface area contributed by atoms with E-state index in [2.05, 4.69) is 10.2 Å². The Morgan fingerprint density at radius 2 is 1.85 bits per heavy atom. The van der Waals surface area contributed by atoms with Crippen LogP contribution in [-0.2, 0) is 4.79 Å². The molecule has 110 valence electrons. The number of nitrogens with zero attached hydrogens (tertiary/aromatic N) is 1. The molecule has 3 nitrogen and oxygen atoms in total. The molecule has 1 fully saturated rings. The number of anilines is 1. The minimum Gasteiger partial charge on any atom is -0.322 e. The molecule has 1 N–H and O–H groups in total. The highest BCUT2D eigenvalue weighted by Crippen LogP contribution is 2.19. The SMILES string of the molecule is O=C(CN1CCCCCCC1)Nc1ccc(Cl)cc1F. The molecule has 1 aliphatic heterocycles. The molecular weight excluding hydrogens is 279 g/mol. The average Bonchev–Trinajstić information content (AvgIpc) is 2.36. The van der Waals surface area contributed by atoms with E-state index in [0.29, 0.717) is 11.6 Å². The topological polar surface area (TPSA) is 32.3 Å². The van der Waals surface area contributed by atoms with Gasteiger partial charge in [0.15, 0.2) is 0 Å². The number of carbonyl (C=O) groups is 1. The van der Waals surface area contributed by atoms with E-state index in [9.17, 15) is 9.18 Å². The smallest absolute Gasteiger partial charge is 0.238 e. The molecule has 0 unspecified atom stereocenters. The third-order valence-electron chi connectivity index (χ3n) is 3.52. The summed E-state index contributed by atoms with van der Waals surface area (Å²) in [6.45, 7) is 2.20. The van der Waals surface area contributed by atoms with Gasteiger partial charge in [-0.25, -0.2) is 4.39 Å². The lowest BCUT2D eigenvalue weighted by Crippen LogP contribution is -2.35. The van der Waals surface area contributed by atoms with Crippen LogP contribution in [0.15, 0.2) is 18.2 Å². The highest BCUT2D eigenvalue weighted by molar-refractivity contribution is 6.30. The molecule has 0 saturated carbocycles. The van der Waals surface area contributed by atoms with Crippen molar-refractivity contribution in [2.45, 2.75) is 32.1 Å². The van der Waals surface area contributed by atoms with E-state index in [0.717, 1.165) is 25.9 Å². The van der Waals surface area contributed by atoms with Gasteiger partial charge in [-0.3, -0.25) is 9.69 Å². The fraction of sp³-hybridized carbons (Fsp3) is 0.533. The zero-order valence-electron chi connectivity index (χ0n) is 11.5. The molecule has 1 amide bonds. The highest BCUT2D eigenvalue weighted by Gasteiger charge is 2.13. The molecule has 1 saturated heterocycles. The molecule has 0 aliphatic carbocycles. The summed E-state index contributed by atoms with van der Waals surface area (Å²) < 4.78 is 13.6. The van der Waals surface area contributed by atoms with Gasteiger partial charge in [0.05, 0.1) is 12.2 Å².